The first-order chi connectivity index (χ1) is 12.0. The van der Waals surface area contributed by atoms with Crippen LogP contribution in [0.3, 0.4) is 0 Å². The number of hydrogen-bond donors (Lipinski definition) is 2. The van der Waals surface area contributed by atoms with Gasteiger partial charge in [-0.15, -0.1) is 0 Å². The molecular weight excluding hydrogens is 338 g/mol. The summed E-state index contributed by atoms with van der Waals surface area (Å²) in [6, 6.07) is 13.2. The molecule has 0 spiro atoms. The number of ether oxygens (including phenoxy) is 2. The fourth-order valence-corrected chi connectivity index (χ4v) is 2.72. The summed E-state index contributed by atoms with van der Waals surface area (Å²) in [5.74, 6) is 1.70. The van der Waals surface area contributed by atoms with E-state index in [9.17, 15) is 4.21 Å². The molecule has 0 saturated carbocycles. The zero-order valence-corrected chi connectivity index (χ0v) is 15.4. The zero-order valence-electron chi connectivity index (χ0n) is 14.6. The monoisotopic (exact) mass is 361 g/mol. The van der Waals surface area contributed by atoms with Crippen LogP contribution in [0.5, 0.6) is 11.5 Å². The first-order valence-corrected chi connectivity index (χ1v) is 9.26. The molecule has 0 aliphatic carbocycles. The SMILES string of the molecule is COc1ccc(CN=C(N)NCc2ccc(S(C)=O)cc2)cc1OC. The van der Waals surface area contributed by atoms with Crippen LogP contribution in [-0.2, 0) is 23.9 Å². The molecule has 0 bridgehead atoms. The maximum Gasteiger partial charge on any atom is 0.189 e. The average Bonchev–Trinajstić information content (AvgIpc) is 2.64. The minimum atomic E-state index is -0.968. The molecule has 7 heteroatoms. The Bertz CT molecular complexity index is 761. The molecule has 25 heavy (non-hydrogen) atoms. The summed E-state index contributed by atoms with van der Waals surface area (Å²) in [4.78, 5) is 5.13. The predicted molar refractivity (Wildman–Crippen MR) is 100 cm³/mol. The van der Waals surface area contributed by atoms with Crippen molar-refractivity contribution in [2.45, 2.75) is 18.0 Å². The maximum atomic E-state index is 11.4. The van der Waals surface area contributed by atoms with Crippen molar-refractivity contribution in [2.75, 3.05) is 20.5 Å². The van der Waals surface area contributed by atoms with Crippen LogP contribution in [0.4, 0.5) is 0 Å². The fraction of sp³-hybridized carbons (Fsp3) is 0.278. The summed E-state index contributed by atoms with van der Waals surface area (Å²) in [6.45, 7) is 0.991. The Hall–Kier alpha value is -2.54. The van der Waals surface area contributed by atoms with Gasteiger partial charge >= 0.3 is 0 Å². The number of hydrogen-bond acceptors (Lipinski definition) is 4. The highest BCUT2D eigenvalue weighted by molar-refractivity contribution is 7.84. The van der Waals surface area contributed by atoms with E-state index in [2.05, 4.69) is 10.3 Å². The Morgan fingerprint density at radius 1 is 1.08 bits per heavy atom. The lowest BCUT2D eigenvalue weighted by Crippen LogP contribution is -2.31. The molecule has 1 atom stereocenters. The van der Waals surface area contributed by atoms with Gasteiger partial charge in [0.1, 0.15) is 0 Å². The predicted octanol–water partition coefficient (Wildman–Crippen LogP) is 2.05. The number of nitrogens with one attached hydrogen (secondary N) is 1. The molecule has 134 valence electrons. The van der Waals surface area contributed by atoms with Crippen molar-refractivity contribution in [1.29, 1.82) is 0 Å². The first kappa shape index (κ1) is 18.8. The lowest BCUT2D eigenvalue weighted by Gasteiger charge is -2.09. The number of rotatable bonds is 7. The smallest absolute Gasteiger partial charge is 0.189 e. The molecule has 0 saturated heterocycles. The van der Waals surface area contributed by atoms with E-state index in [1.165, 1.54) is 0 Å². The molecule has 2 aromatic rings. The van der Waals surface area contributed by atoms with E-state index in [4.69, 9.17) is 15.2 Å². The molecule has 0 amide bonds. The summed E-state index contributed by atoms with van der Waals surface area (Å²) in [7, 11) is 2.23. The van der Waals surface area contributed by atoms with Crippen molar-refractivity contribution in [3.63, 3.8) is 0 Å². The molecule has 0 aliphatic heterocycles. The summed E-state index contributed by atoms with van der Waals surface area (Å²) >= 11 is 0. The highest BCUT2D eigenvalue weighted by Crippen LogP contribution is 2.27. The van der Waals surface area contributed by atoms with Gasteiger partial charge in [0.2, 0.25) is 0 Å². The average molecular weight is 361 g/mol. The van der Waals surface area contributed by atoms with Crippen LogP contribution in [0.2, 0.25) is 0 Å². The molecule has 2 rings (SSSR count). The Balaban J connectivity index is 1.92. The summed E-state index contributed by atoms with van der Waals surface area (Å²) in [6.07, 6.45) is 1.66. The van der Waals surface area contributed by atoms with Crippen molar-refractivity contribution < 1.29 is 13.7 Å². The highest BCUT2D eigenvalue weighted by Gasteiger charge is 2.04. The third-order valence-corrected chi connectivity index (χ3v) is 4.54. The third kappa shape index (κ3) is 5.49. The summed E-state index contributed by atoms with van der Waals surface area (Å²) in [5.41, 5.74) is 7.92. The number of aliphatic imine (C=N–C) groups is 1. The number of benzene rings is 2. The van der Waals surface area contributed by atoms with E-state index in [0.29, 0.717) is 30.5 Å². The number of methoxy groups -OCH3 is 2. The molecule has 1 unspecified atom stereocenters. The molecular formula is C18H23N3O3S. The van der Waals surface area contributed by atoms with Crippen molar-refractivity contribution in [3.05, 3.63) is 53.6 Å². The third-order valence-electron chi connectivity index (χ3n) is 3.61. The van der Waals surface area contributed by atoms with Crippen molar-refractivity contribution >= 4 is 16.8 Å². The van der Waals surface area contributed by atoms with E-state index < -0.39 is 10.8 Å². The van der Waals surface area contributed by atoms with Crippen LogP contribution in [0.15, 0.2) is 52.4 Å². The van der Waals surface area contributed by atoms with Crippen LogP contribution in [-0.4, -0.2) is 30.6 Å². The largest absolute Gasteiger partial charge is 0.493 e. The van der Waals surface area contributed by atoms with E-state index in [0.717, 1.165) is 16.0 Å². The summed E-state index contributed by atoms with van der Waals surface area (Å²) < 4.78 is 21.9. The Labute approximate surface area is 150 Å². The molecule has 0 heterocycles. The molecule has 2 aromatic carbocycles. The van der Waals surface area contributed by atoms with Gasteiger partial charge in [0.05, 0.1) is 20.8 Å². The van der Waals surface area contributed by atoms with Crippen molar-refractivity contribution in [3.8, 4) is 11.5 Å². The topological polar surface area (TPSA) is 85.9 Å². The van der Waals surface area contributed by atoms with Gasteiger partial charge in [-0.05, 0) is 35.4 Å². The molecule has 6 nitrogen and oxygen atoms in total. The lowest BCUT2D eigenvalue weighted by molar-refractivity contribution is 0.354. The van der Waals surface area contributed by atoms with Gasteiger partial charge in [0.15, 0.2) is 17.5 Å². The molecule has 3 N–H and O–H groups in total. The van der Waals surface area contributed by atoms with Crippen LogP contribution < -0.4 is 20.5 Å². The van der Waals surface area contributed by atoms with Gasteiger partial charge in [-0.1, -0.05) is 18.2 Å². The summed E-state index contributed by atoms with van der Waals surface area (Å²) in [5, 5.41) is 3.06. The lowest BCUT2D eigenvalue weighted by atomic mass is 10.2. The van der Waals surface area contributed by atoms with Crippen molar-refractivity contribution in [2.24, 2.45) is 10.7 Å². The maximum absolute atomic E-state index is 11.4. The van der Waals surface area contributed by atoms with Gasteiger partial charge < -0.3 is 20.5 Å². The normalized spacial score (nSPS) is 12.5. The zero-order chi connectivity index (χ0) is 18.2. The quantitative estimate of drug-likeness (QED) is 0.582. The fourth-order valence-electron chi connectivity index (χ4n) is 2.20. The van der Waals surface area contributed by atoms with Gasteiger partial charge in [-0.2, -0.15) is 0 Å². The van der Waals surface area contributed by atoms with E-state index in [1.54, 1.807) is 20.5 Å². The van der Waals surface area contributed by atoms with Gasteiger partial charge in [-0.25, -0.2) is 4.99 Å². The molecule has 0 aromatic heterocycles. The Morgan fingerprint density at radius 2 is 1.72 bits per heavy atom. The molecule has 0 radical (unpaired) electrons. The number of guanidine groups is 1. The van der Waals surface area contributed by atoms with Gasteiger partial charge in [-0.3, -0.25) is 4.21 Å². The van der Waals surface area contributed by atoms with Crippen LogP contribution in [0, 0.1) is 0 Å². The minimum Gasteiger partial charge on any atom is -0.493 e. The second-order valence-corrected chi connectivity index (χ2v) is 6.72. The van der Waals surface area contributed by atoms with Crippen LogP contribution in [0.1, 0.15) is 11.1 Å². The second kappa shape index (κ2) is 9.08. The highest BCUT2D eigenvalue weighted by atomic mass is 32.2. The van der Waals surface area contributed by atoms with Crippen molar-refractivity contribution in [1.82, 2.24) is 5.32 Å². The second-order valence-electron chi connectivity index (χ2n) is 5.34. The number of nitrogens with two attached hydrogens (primary N) is 1. The molecule has 0 aliphatic rings. The standard InChI is InChI=1S/C18H23N3O3S/c1-23-16-9-6-14(10-17(16)24-2)12-21-18(19)20-11-13-4-7-15(8-5-13)25(3)22/h4-10H,11-12H2,1-3H3,(H3,19,20,21). The van der Waals surface area contributed by atoms with E-state index in [-0.39, 0.29) is 0 Å². The van der Waals surface area contributed by atoms with E-state index >= 15 is 0 Å². The van der Waals surface area contributed by atoms with Crippen LogP contribution >= 0.6 is 0 Å². The number of nitrogens with zero attached hydrogens (tertiary/aromatic N) is 1. The van der Waals surface area contributed by atoms with E-state index in [1.807, 2.05) is 42.5 Å². The molecule has 0 fully saturated rings. The Kier molecular flexibility index (Phi) is 6.82. The van der Waals surface area contributed by atoms with Gasteiger partial charge in [0, 0.05) is 28.5 Å². The first-order valence-electron chi connectivity index (χ1n) is 7.70. The minimum absolute atomic E-state index is 0.359. The van der Waals surface area contributed by atoms with Gasteiger partial charge in [0.25, 0.3) is 0 Å². The Morgan fingerprint density at radius 3 is 2.32 bits per heavy atom. The van der Waals surface area contributed by atoms with Crippen LogP contribution in [0.25, 0.3) is 0 Å².